The lowest BCUT2D eigenvalue weighted by Crippen LogP contribution is -2.11. The number of aliphatic hydroxyl groups excluding tert-OH is 1. The van der Waals surface area contributed by atoms with Gasteiger partial charge in [-0.1, -0.05) is 18.2 Å². The number of carboxylic acid groups (broad SMARTS) is 1. The van der Waals surface area contributed by atoms with Gasteiger partial charge in [-0.3, -0.25) is 4.79 Å². The molecule has 0 fully saturated rings. The van der Waals surface area contributed by atoms with Crippen LogP contribution in [0, 0.1) is 0 Å². The van der Waals surface area contributed by atoms with E-state index in [-0.39, 0.29) is 23.6 Å². The van der Waals surface area contributed by atoms with Gasteiger partial charge >= 0.3 is 5.97 Å². The summed E-state index contributed by atoms with van der Waals surface area (Å²) >= 11 is 5.68. The Labute approximate surface area is 104 Å². The van der Waals surface area contributed by atoms with E-state index in [0.717, 1.165) is 0 Å². The number of carbonyl (C=O) groups is 2. The van der Waals surface area contributed by atoms with Crippen molar-refractivity contribution in [2.24, 2.45) is 0 Å². The first-order valence-electron chi connectivity index (χ1n) is 5.03. The number of hydrogen-bond donors (Lipinski definition) is 2. The van der Waals surface area contributed by atoms with Crippen molar-refractivity contribution in [3.63, 3.8) is 0 Å². The summed E-state index contributed by atoms with van der Waals surface area (Å²) in [5.74, 6) is -1.16. The summed E-state index contributed by atoms with van der Waals surface area (Å²) in [5.41, 5.74) is 1.58. The van der Waals surface area contributed by atoms with E-state index in [4.69, 9.17) is 16.7 Å². The minimum Gasteiger partial charge on any atom is -0.479 e. The van der Waals surface area contributed by atoms with Gasteiger partial charge in [0, 0.05) is 12.3 Å². The maximum atomic E-state index is 11.0. The summed E-state index contributed by atoms with van der Waals surface area (Å²) < 4.78 is 0. The molecule has 0 aromatic heterocycles. The van der Waals surface area contributed by atoms with Gasteiger partial charge in [0.15, 0.2) is 6.10 Å². The van der Waals surface area contributed by atoms with Crippen molar-refractivity contribution < 1.29 is 19.8 Å². The van der Waals surface area contributed by atoms with Crippen LogP contribution in [0.15, 0.2) is 18.2 Å². The van der Waals surface area contributed by atoms with Crippen LogP contribution in [0.4, 0.5) is 0 Å². The highest BCUT2D eigenvalue weighted by atomic mass is 35.5. The van der Waals surface area contributed by atoms with Gasteiger partial charge in [0.25, 0.3) is 0 Å². The predicted octanol–water partition coefficient (Wildman–Crippen LogP) is 1.67. The number of ketones is 1. The number of rotatable bonds is 5. The van der Waals surface area contributed by atoms with Crippen molar-refractivity contribution in [1.82, 2.24) is 0 Å². The zero-order valence-corrected chi connectivity index (χ0v) is 10.1. The van der Waals surface area contributed by atoms with Crippen molar-refractivity contribution >= 4 is 23.4 Å². The average molecular weight is 257 g/mol. The van der Waals surface area contributed by atoms with Crippen LogP contribution in [0.3, 0.4) is 0 Å². The number of Topliss-reactive ketones (excluding diaryl/α,β-unsaturated/α-hetero) is 1. The molecule has 1 aromatic carbocycles. The second kappa shape index (κ2) is 5.80. The topological polar surface area (TPSA) is 74.6 Å². The van der Waals surface area contributed by atoms with Crippen molar-refractivity contribution in [2.75, 3.05) is 0 Å². The number of aliphatic carboxylic acids is 1. The maximum Gasteiger partial charge on any atom is 0.337 e. The lowest BCUT2D eigenvalue weighted by molar-refractivity contribution is -0.146. The first-order chi connectivity index (χ1) is 7.93. The molecule has 0 aliphatic heterocycles. The summed E-state index contributed by atoms with van der Waals surface area (Å²) in [5, 5.41) is 18.2. The van der Waals surface area contributed by atoms with Gasteiger partial charge in [-0.05, 0) is 23.6 Å². The van der Waals surface area contributed by atoms with Crippen LogP contribution in [-0.2, 0) is 21.9 Å². The Morgan fingerprint density at radius 1 is 1.29 bits per heavy atom. The molecular formula is C12H13ClO4. The molecule has 0 heterocycles. The summed E-state index contributed by atoms with van der Waals surface area (Å²) in [4.78, 5) is 21.7. The van der Waals surface area contributed by atoms with Gasteiger partial charge < -0.3 is 10.2 Å². The van der Waals surface area contributed by atoms with E-state index in [2.05, 4.69) is 0 Å². The summed E-state index contributed by atoms with van der Waals surface area (Å²) in [6, 6.07) is 4.76. The molecule has 0 aliphatic carbocycles. The number of carbonyl (C=O) groups excluding carboxylic acids is 1. The van der Waals surface area contributed by atoms with Gasteiger partial charge in [-0.15, -0.1) is 11.6 Å². The molecule has 92 valence electrons. The van der Waals surface area contributed by atoms with E-state index in [9.17, 15) is 14.7 Å². The largest absolute Gasteiger partial charge is 0.479 e. The van der Waals surface area contributed by atoms with E-state index in [1.54, 1.807) is 6.07 Å². The Hall–Kier alpha value is -1.39. The van der Waals surface area contributed by atoms with Gasteiger partial charge in [-0.25, -0.2) is 4.79 Å². The summed E-state index contributed by atoms with van der Waals surface area (Å²) in [6.07, 6.45) is -1.40. The predicted molar refractivity (Wildman–Crippen MR) is 63.0 cm³/mol. The third-order valence-electron chi connectivity index (χ3n) is 2.23. The van der Waals surface area contributed by atoms with Crippen molar-refractivity contribution in [3.05, 3.63) is 34.9 Å². The molecule has 4 nitrogen and oxygen atoms in total. The maximum absolute atomic E-state index is 11.0. The van der Waals surface area contributed by atoms with Crippen LogP contribution in [0.1, 0.15) is 29.7 Å². The molecule has 0 radical (unpaired) electrons. The summed E-state index contributed by atoms with van der Waals surface area (Å²) in [6.45, 7) is 1.45. The van der Waals surface area contributed by atoms with Crippen molar-refractivity contribution in [3.8, 4) is 0 Å². The Kier molecular flexibility index (Phi) is 4.66. The Morgan fingerprint density at radius 2 is 1.88 bits per heavy atom. The molecule has 5 heteroatoms. The molecule has 1 rings (SSSR count). The van der Waals surface area contributed by atoms with Gasteiger partial charge in [0.2, 0.25) is 0 Å². The van der Waals surface area contributed by atoms with Crippen LogP contribution in [-0.4, -0.2) is 22.0 Å². The van der Waals surface area contributed by atoms with Crippen LogP contribution >= 0.6 is 11.6 Å². The minimum atomic E-state index is -1.59. The second-order valence-corrected chi connectivity index (χ2v) is 4.10. The van der Waals surface area contributed by atoms with Gasteiger partial charge in [0.05, 0.1) is 0 Å². The molecule has 0 saturated heterocycles. The van der Waals surface area contributed by atoms with E-state index >= 15 is 0 Å². The van der Waals surface area contributed by atoms with Gasteiger partial charge in [0.1, 0.15) is 5.78 Å². The number of benzene rings is 1. The zero-order chi connectivity index (χ0) is 13.0. The van der Waals surface area contributed by atoms with Crippen LogP contribution in [0.2, 0.25) is 0 Å². The first kappa shape index (κ1) is 13.7. The first-order valence-corrected chi connectivity index (χ1v) is 5.56. The monoisotopic (exact) mass is 256 g/mol. The standard InChI is InChI=1S/C12H13ClO4/c1-7(14)2-8-3-9(6-13)5-10(4-8)11(15)12(16)17/h3-5,11,15H,2,6H2,1H3,(H,16,17). The zero-order valence-electron chi connectivity index (χ0n) is 9.31. The third kappa shape index (κ3) is 3.84. The molecule has 1 aromatic rings. The van der Waals surface area contributed by atoms with E-state index < -0.39 is 12.1 Å². The lowest BCUT2D eigenvalue weighted by Gasteiger charge is -2.10. The average Bonchev–Trinajstić information content (AvgIpc) is 2.26. The SMILES string of the molecule is CC(=O)Cc1cc(CCl)cc(C(O)C(=O)O)c1. The Bertz CT molecular complexity index is 442. The fourth-order valence-corrected chi connectivity index (χ4v) is 1.71. The van der Waals surface area contributed by atoms with Crippen LogP contribution in [0.5, 0.6) is 0 Å². The fraction of sp³-hybridized carbons (Fsp3) is 0.333. The molecule has 0 saturated carbocycles. The number of carboxylic acids is 1. The van der Waals surface area contributed by atoms with Crippen molar-refractivity contribution in [1.29, 1.82) is 0 Å². The molecule has 0 amide bonds. The van der Waals surface area contributed by atoms with Crippen LogP contribution < -0.4 is 0 Å². The number of hydrogen-bond acceptors (Lipinski definition) is 3. The molecule has 1 atom stereocenters. The minimum absolute atomic E-state index is 0.0347. The Balaban J connectivity index is 3.13. The van der Waals surface area contributed by atoms with E-state index in [0.29, 0.717) is 11.1 Å². The Morgan fingerprint density at radius 3 is 2.35 bits per heavy atom. The normalized spacial score (nSPS) is 12.2. The van der Waals surface area contributed by atoms with Gasteiger partial charge in [-0.2, -0.15) is 0 Å². The molecule has 2 N–H and O–H groups in total. The van der Waals surface area contributed by atoms with Crippen LogP contribution in [0.25, 0.3) is 0 Å². The highest BCUT2D eigenvalue weighted by Crippen LogP contribution is 2.19. The number of alkyl halides is 1. The molecule has 1 unspecified atom stereocenters. The van der Waals surface area contributed by atoms with Crippen molar-refractivity contribution in [2.45, 2.75) is 25.3 Å². The highest BCUT2D eigenvalue weighted by Gasteiger charge is 2.17. The van der Waals surface area contributed by atoms with E-state index in [1.165, 1.54) is 19.1 Å². The smallest absolute Gasteiger partial charge is 0.337 e. The van der Waals surface area contributed by atoms with E-state index in [1.807, 2.05) is 0 Å². The number of halogens is 1. The highest BCUT2D eigenvalue weighted by molar-refractivity contribution is 6.17. The fourth-order valence-electron chi connectivity index (χ4n) is 1.56. The number of aliphatic hydroxyl groups is 1. The molecule has 0 spiro atoms. The molecule has 17 heavy (non-hydrogen) atoms. The lowest BCUT2D eigenvalue weighted by atomic mass is 10.00. The summed E-state index contributed by atoms with van der Waals surface area (Å²) in [7, 11) is 0. The molecule has 0 aliphatic rings. The second-order valence-electron chi connectivity index (χ2n) is 3.84. The quantitative estimate of drug-likeness (QED) is 0.786. The molecular weight excluding hydrogens is 244 g/mol. The third-order valence-corrected chi connectivity index (χ3v) is 2.54. The molecule has 0 bridgehead atoms.